The Balaban J connectivity index is 1.33. The maximum Gasteiger partial charge on any atom is 0.733 e. The highest BCUT2D eigenvalue weighted by Crippen LogP contribution is 2.58. The van der Waals surface area contributed by atoms with Gasteiger partial charge in [-0.25, -0.2) is 0 Å². The monoisotopic (exact) mass is 774 g/mol. The van der Waals surface area contributed by atoms with Gasteiger partial charge in [-0.2, -0.15) is 0 Å². The van der Waals surface area contributed by atoms with Gasteiger partial charge in [-0.05, 0) is 104 Å². The lowest BCUT2D eigenvalue weighted by atomic mass is 9.91. The summed E-state index contributed by atoms with van der Waals surface area (Å²) >= 11 is 0. The minimum Gasteiger partial charge on any atom is -0.480 e. The van der Waals surface area contributed by atoms with Crippen LogP contribution in [-0.4, -0.2) is 8.88 Å². The third-order valence-electron chi connectivity index (χ3n) is 12.3. The van der Waals surface area contributed by atoms with Crippen LogP contribution >= 0.6 is 0 Å². The van der Waals surface area contributed by atoms with Gasteiger partial charge in [0.25, 0.3) is 0 Å². The Hall–Kier alpha value is -7.34. The summed E-state index contributed by atoms with van der Waals surface area (Å²) in [6, 6.07) is 70.0. The molecule has 0 radical (unpaired) electrons. The van der Waals surface area contributed by atoms with Crippen molar-refractivity contribution < 1.29 is 8.85 Å². The maximum atomic E-state index is 8.16. The quantitative estimate of drug-likeness (QED) is 0.163. The van der Waals surface area contributed by atoms with Crippen molar-refractivity contribution in [2.24, 2.45) is 0 Å². The number of aryl methyl sites for hydroxylation is 2. The average Bonchev–Trinajstić information content (AvgIpc) is 3.48. The van der Waals surface area contributed by atoms with Crippen LogP contribution in [-0.2, 0) is 0 Å². The Bertz CT molecular complexity index is 3130. The normalized spacial score (nSPS) is 13.9. The van der Waals surface area contributed by atoms with Gasteiger partial charge in [0.05, 0.1) is 0 Å². The van der Waals surface area contributed by atoms with E-state index in [0.717, 1.165) is 99.9 Å². The van der Waals surface area contributed by atoms with Crippen molar-refractivity contribution in [3.8, 4) is 33.8 Å². The molecule has 4 nitrogen and oxygen atoms in total. The first-order chi connectivity index (χ1) is 29.1. The van der Waals surface area contributed by atoms with Crippen LogP contribution in [0, 0.1) is 13.8 Å². The average molecular weight is 775 g/mol. The number of nitrogens with zero attached hydrogens (tertiary/aromatic N) is 2. The van der Waals surface area contributed by atoms with Crippen LogP contribution in [0.2, 0.25) is 0 Å². The van der Waals surface area contributed by atoms with Gasteiger partial charge < -0.3 is 8.85 Å². The zero-order valence-electron chi connectivity index (χ0n) is 32.7. The van der Waals surface area contributed by atoms with E-state index in [9.17, 15) is 0 Å². The van der Waals surface area contributed by atoms with E-state index < -0.39 is 8.88 Å². The van der Waals surface area contributed by atoms with Crippen molar-refractivity contribution in [2.45, 2.75) is 13.8 Å². The number of benzene rings is 10. The maximum absolute atomic E-state index is 8.16. The van der Waals surface area contributed by atoms with Crippen molar-refractivity contribution in [3.05, 3.63) is 205 Å². The highest BCUT2D eigenvalue weighted by Gasteiger charge is 2.64. The second-order valence-electron chi connectivity index (χ2n) is 15.7. The van der Waals surface area contributed by atoms with Crippen LogP contribution in [0.3, 0.4) is 0 Å². The molecular weight excluding hydrogens is 737 g/mol. The minimum atomic E-state index is -4.16. The molecular formula is C54H38N2O2Si. The molecule has 0 amide bonds. The summed E-state index contributed by atoms with van der Waals surface area (Å²) in [5.41, 5.74) is 10.7. The van der Waals surface area contributed by atoms with E-state index in [-0.39, 0.29) is 0 Å². The molecule has 0 aliphatic carbocycles. The second kappa shape index (κ2) is 12.8. The molecule has 0 atom stereocenters. The van der Waals surface area contributed by atoms with Crippen LogP contribution in [0.5, 0.6) is 11.5 Å². The lowest BCUT2D eigenvalue weighted by Crippen LogP contribution is -2.72. The topological polar surface area (TPSA) is 24.9 Å². The molecule has 59 heavy (non-hydrogen) atoms. The van der Waals surface area contributed by atoms with Crippen molar-refractivity contribution in [2.75, 3.05) is 9.13 Å². The standard InChI is InChI=1S/C54H38N2O2Si/c1-35-15-3-13-25-45(35)55-47-31-27-37-17-5-9-21-41(37)51(47)53-43-23-11-7-19-39(43)29-33-49(53)57-59(55)56(46-26-14-4-16-36(46)2)48-32-28-38-18-6-10-22-42(38)52(48)54-44-24-12-8-20-40(44)30-34-50(54)58-59/h3-34H,1-2H3. The fraction of sp³-hybridized carbons (Fsp3) is 0.0370. The van der Waals surface area contributed by atoms with Crippen molar-refractivity contribution in [3.63, 3.8) is 0 Å². The van der Waals surface area contributed by atoms with Crippen LogP contribution in [0.25, 0.3) is 65.3 Å². The largest absolute Gasteiger partial charge is 0.733 e. The molecule has 10 aromatic carbocycles. The molecule has 280 valence electrons. The summed E-state index contributed by atoms with van der Waals surface area (Å²) in [6.45, 7) is 4.40. The predicted molar refractivity (Wildman–Crippen MR) is 247 cm³/mol. The smallest absolute Gasteiger partial charge is 0.480 e. The molecule has 5 heteroatoms. The molecule has 0 saturated carbocycles. The first-order valence-corrected chi connectivity index (χ1v) is 22.0. The SMILES string of the molecule is Cc1ccccc1N1c2ccc3ccccc3c2-c2c(ccc3ccccc23)O[Si]12Oc1ccc3ccccc3c1-c1c(ccc3ccccc13)N2c1ccccc1C. The van der Waals surface area contributed by atoms with Crippen LogP contribution in [0.1, 0.15) is 11.1 Å². The lowest BCUT2D eigenvalue weighted by Gasteiger charge is -2.45. The highest BCUT2D eigenvalue weighted by atomic mass is 28.4. The van der Waals surface area contributed by atoms with Gasteiger partial charge in [-0.1, -0.05) is 158 Å². The molecule has 2 aliphatic rings. The van der Waals surface area contributed by atoms with E-state index in [1.165, 1.54) is 10.8 Å². The Kier molecular flexibility index (Phi) is 7.34. The minimum absolute atomic E-state index is 0.786. The third kappa shape index (κ3) is 4.89. The summed E-state index contributed by atoms with van der Waals surface area (Å²) in [7, 11) is -4.16. The molecule has 0 aromatic heterocycles. The second-order valence-corrected chi connectivity index (χ2v) is 18.1. The zero-order valence-corrected chi connectivity index (χ0v) is 33.7. The van der Waals surface area contributed by atoms with Crippen molar-refractivity contribution in [1.82, 2.24) is 0 Å². The van der Waals surface area contributed by atoms with Crippen LogP contribution in [0.15, 0.2) is 194 Å². The first-order valence-electron chi connectivity index (χ1n) is 20.3. The number of fused-ring (bicyclic) bond motifs is 14. The summed E-state index contributed by atoms with van der Waals surface area (Å²) in [5, 5.41) is 9.21. The molecule has 0 N–H and O–H groups in total. The van der Waals surface area contributed by atoms with Crippen LogP contribution < -0.4 is 18.0 Å². The first kappa shape index (κ1) is 33.8. The van der Waals surface area contributed by atoms with E-state index in [2.05, 4.69) is 217 Å². The summed E-state index contributed by atoms with van der Waals surface area (Å²) in [6.07, 6.45) is 0. The summed E-state index contributed by atoms with van der Waals surface area (Å²) < 4.78 is 21.2. The molecule has 10 aromatic rings. The van der Waals surface area contributed by atoms with Gasteiger partial charge in [-0.15, -0.1) is 0 Å². The molecule has 0 bridgehead atoms. The number of rotatable bonds is 2. The molecule has 1 spiro atoms. The highest BCUT2D eigenvalue weighted by molar-refractivity contribution is 6.80. The molecule has 2 heterocycles. The Labute approximate surface area is 344 Å². The Morgan fingerprint density at radius 2 is 0.627 bits per heavy atom. The van der Waals surface area contributed by atoms with E-state index in [4.69, 9.17) is 8.85 Å². The molecule has 0 unspecified atom stereocenters. The molecule has 0 fully saturated rings. The number of anilines is 4. The Morgan fingerprint density at radius 3 is 1.02 bits per heavy atom. The van der Waals surface area contributed by atoms with Gasteiger partial charge in [0.1, 0.15) is 11.5 Å². The summed E-state index contributed by atoms with van der Waals surface area (Å²) in [4.78, 5) is 0. The molecule has 0 saturated heterocycles. The lowest BCUT2D eigenvalue weighted by molar-refractivity contribution is 0.385. The van der Waals surface area contributed by atoms with Crippen molar-refractivity contribution in [1.29, 1.82) is 0 Å². The van der Waals surface area contributed by atoms with Gasteiger partial charge in [0, 0.05) is 45.0 Å². The number of hydrogen-bond donors (Lipinski definition) is 0. The molecule has 12 rings (SSSR count). The van der Waals surface area contributed by atoms with Crippen molar-refractivity contribution >= 4 is 74.7 Å². The zero-order chi connectivity index (χ0) is 39.2. The van der Waals surface area contributed by atoms with Gasteiger partial charge in [-0.3, -0.25) is 9.13 Å². The molecule has 2 aliphatic heterocycles. The van der Waals surface area contributed by atoms with E-state index >= 15 is 0 Å². The summed E-state index contributed by atoms with van der Waals surface area (Å²) in [5.74, 6) is 1.57. The number of para-hydroxylation sites is 2. The van der Waals surface area contributed by atoms with Gasteiger partial charge in [0.15, 0.2) is 0 Å². The van der Waals surface area contributed by atoms with E-state index in [1.807, 2.05) is 0 Å². The fourth-order valence-electron chi connectivity index (χ4n) is 9.69. The van der Waals surface area contributed by atoms with Gasteiger partial charge in [0.2, 0.25) is 0 Å². The van der Waals surface area contributed by atoms with Gasteiger partial charge >= 0.3 is 8.88 Å². The van der Waals surface area contributed by atoms with Crippen LogP contribution in [0.4, 0.5) is 22.7 Å². The number of hydrogen-bond acceptors (Lipinski definition) is 4. The third-order valence-corrected chi connectivity index (χ3v) is 15.4. The fourth-order valence-corrected chi connectivity index (χ4v) is 13.3. The van der Waals surface area contributed by atoms with E-state index in [1.54, 1.807) is 0 Å². The van der Waals surface area contributed by atoms with E-state index in [0.29, 0.717) is 0 Å². The predicted octanol–water partition coefficient (Wildman–Crippen LogP) is 14.4. The Morgan fingerprint density at radius 1 is 0.305 bits per heavy atom.